The average Bonchev–Trinajstić information content (AvgIpc) is 3.37. The van der Waals surface area contributed by atoms with E-state index >= 15 is 0 Å². The Morgan fingerprint density at radius 1 is 1.16 bits per heavy atom. The standard InChI is InChI=1S/C26H29ClN2O2S/c1-31-24-4-2-3-19(17-24)9-13-29-14-10-21(11-15-29)26(30)28-25(22-12-16-32-18-22)20-5-7-23(27)8-6-20/h2-8,12,16-18,21,25H,9-11,13-15H2,1H3,(H,28,30). The highest BCUT2D eigenvalue weighted by atomic mass is 35.5. The van der Waals surface area contributed by atoms with E-state index in [-0.39, 0.29) is 17.9 Å². The fourth-order valence-electron chi connectivity index (χ4n) is 4.25. The lowest BCUT2D eigenvalue weighted by Gasteiger charge is -2.32. The first-order chi connectivity index (χ1) is 15.6. The van der Waals surface area contributed by atoms with Gasteiger partial charge in [-0.3, -0.25) is 4.79 Å². The maximum absolute atomic E-state index is 13.1. The van der Waals surface area contributed by atoms with Crippen LogP contribution in [-0.4, -0.2) is 37.6 Å². The van der Waals surface area contributed by atoms with Crippen LogP contribution in [0.4, 0.5) is 0 Å². The first kappa shape index (κ1) is 22.8. The van der Waals surface area contributed by atoms with Crippen molar-refractivity contribution in [3.8, 4) is 5.75 Å². The fraction of sp³-hybridized carbons (Fsp3) is 0.346. The SMILES string of the molecule is COc1cccc(CCN2CCC(C(=O)NC(c3ccc(Cl)cc3)c3ccsc3)CC2)c1. The third-order valence-corrected chi connectivity index (χ3v) is 7.13. The summed E-state index contributed by atoms with van der Waals surface area (Å²) in [4.78, 5) is 15.6. The zero-order chi connectivity index (χ0) is 22.3. The first-order valence-electron chi connectivity index (χ1n) is 11.1. The van der Waals surface area contributed by atoms with Gasteiger partial charge in [0.25, 0.3) is 0 Å². The number of piperidine rings is 1. The van der Waals surface area contributed by atoms with Gasteiger partial charge in [0.2, 0.25) is 5.91 Å². The summed E-state index contributed by atoms with van der Waals surface area (Å²) in [6, 6.07) is 17.9. The molecule has 1 N–H and O–H groups in total. The number of nitrogens with one attached hydrogen (secondary N) is 1. The molecule has 4 rings (SSSR count). The minimum Gasteiger partial charge on any atom is -0.497 e. The quantitative estimate of drug-likeness (QED) is 0.470. The number of carbonyl (C=O) groups excluding carboxylic acids is 1. The number of halogens is 1. The van der Waals surface area contributed by atoms with Crippen molar-refractivity contribution in [2.45, 2.75) is 25.3 Å². The largest absolute Gasteiger partial charge is 0.497 e. The molecular formula is C26H29ClN2O2S. The van der Waals surface area contributed by atoms with E-state index in [1.165, 1.54) is 5.56 Å². The van der Waals surface area contributed by atoms with Crippen LogP contribution < -0.4 is 10.1 Å². The normalized spacial score (nSPS) is 15.9. The lowest BCUT2D eigenvalue weighted by atomic mass is 9.94. The Labute approximate surface area is 199 Å². The Morgan fingerprint density at radius 3 is 2.62 bits per heavy atom. The monoisotopic (exact) mass is 468 g/mol. The van der Waals surface area contributed by atoms with Gasteiger partial charge in [0, 0.05) is 17.5 Å². The summed E-state index contributed by atoms with van der Waals surface area (Å²) in [6.07, 6.45) is 2.77. The number of nitrogens with zero attached hydrogens (tertiary/aromatic N) is 1. The smallest absolute Gasteiger partial charge is 0.223 e. The summed E-state index contributed by atoms with van der Waals surface area (Å²) in [6.45, 7) is 2.90. The molecule has 1 aromatic heterocycles. The van der Waals surface area contributed by atoms with E-state index in [1.807, 2.05) is 41.8 Å². The van der Waals surface area contributed by atoms with Gasteiger partial charge in [0.05, 0.1) is 13.2 Å². The Balaban J connectivity index is 1.31. The summed E-state index contributed by atoms with van der Waals surface area (Å²) in [7, 11) is 1.70. The topological polar surface area (TPSA) is 41.6 Å². The molecule has 0 saturated carbocycles. The van der Waals surface area contributed by atoms with Crippen LogP contribution >= 0.6 is 22.9 Å². The molecule has 0 bridgehead atoms. The number of thiophene rings is 1. The van der Waals surface area contributed by atoms with Crippen molar-refractivity contribution < 1.29 is 9.53 Å². The van der Waals surface area contributed by atoms with E-state index in [9.17, 15) is 4.79 Å². The van der Waals surface area contributed by atoms with Gasteiger partial charge in [-0.25, -0.2) is 0 Å². The first-order valence-corrected chi connectivity index (χ1v) is 12.4. The number of benzene rings is 2. The van der Waals surface area contributed by atoms with Gasteiger partial charge < -0.3 is 15.0 Å². The van der Waals surface area contributed by atoms with Gasteiger partial charge in [-0.05, 0) is 90.1 Å². The molecule has 1 fully saturated rings. The van der Waals surface area contributed by atoms with Crippen molar-refractivity contribution in [2.24, 2.45) is 5.92 Å². The van der Waals surface area contributed by atoms with Gasteiger partial charge in [0.15, 0.2) is 0 Å². The van der Waals surface area contributed by atoms with Gasteiger partial charge in [-0.2, -0.15) is 11.3 Å². The van der Waals surface area contributed by atoms with Gasteiger partial charge >= 0.3 is 0 Å². The molecule has 0 radical (unpaired) electrons. The highest BCUT2D eigenvalue weighted by molar-refractivity contribution is 7.08. The van der Waals surface area contributed by atoms with E-state index < -0.39 is 0 Å². The van der Waals surface area contributed by atoms with Crippen LogP contribution in [0.5, 0.6) is 5.75 Å². The Morgan fingerprint density at radius 2 is 1.94 bits per heavy atom. The lowest BCUT2D eigenvalue weighted by molar-refractivity contribution is -0.127. The lowest BCUT2D eigenvalue weighted by Crippen LogP contribution is -2.42. The Bertz CT molecular complexity index is 999. The highest BCUT2D eigenvalue weighted by Gasteiger charge is 2.27. The molecule has 168 valence electrons. The zero-order valence-electron chi connectivity index (χ0n) is 18.3. The molecule has 4 nitrogen and oxygen atoms in total. The molecule has 2 heterocycles. The van der Waals surface area contributed by atoms with E-state index in [0.717, 1.165) is 55.8 Å². The van der Waals surface area contributed by atoms with Crippen LogP contribution in [0.2, 0.25) is 5.02 Å². The number of likely N-dealkylation sites (tertiary alicyclic amines) is 1. The maximum atomic E-state index is 13.1. The molecule has 0 aliphatic carbocycles. The summed E-state index contributed by atoms with van der Waals surface area (Å²) in [5.74, 6) is 1.10. The third-order valence-electron chi connectivity index (χ3n) is 6.18. The predicted octanol–water partition coefficient (Wildman–Crippen LogP) is 5.57. The van der Waals surface area contributed by atoms with Crippen molar-refractivity contribution in [3.63, 3.8) is 0 Å². The van der Waals surface area contributed by atoms with Gasteiger partial charge in [-0.15, -0.1) is 0 Å². The second-order valence-corrected chi connectivity index (χ2v) is 9.48. The van der Waals surface area contributed by atoms with Crippen molar-refractivity contribution in [3.05, 3.63) is 87.1 Å². The molecule has 1 saturated heterocycles. The third kappa shape index (κ3) is 5.91. The molecule has 2 aromatic carbocycles. The predicted molar refractivity (Wildman–Crippen MR) is 132 cm³/mol. The molecule has 1 atom stereocenters. The number of hydrogen-bond donors (Lipinski definition) is 1. The van der Waals surface area contributed by atoms with Crippen LogP contribution in [0.15, 0.2) is 65.4 Å². The van der Waals surface area contributed by atoms with Crippen molar-refractivity contribution in [1.82, 2.24) is 10.2 Å². The van der Waals surface area contributed by atoms with E-state index in [4.69, 9.17) is 16.3 Å². The van der Waals surface area contributed by atoms with E-state index in [1.54, 1.807) is 18.4 Å². The van der Waals surface area contributed by atoms with Crippen LogP contribution in [-0.2, 0) is 11.2 Å². The van der Waals surface area contributed by atoms with Gasteiger partial charge in [0.1, 0.15) is 5.75 Å². The molecular weight excluding hydrogens is 440 g/mol. The van der Waals surface area contributed by atoms with Crippen LogP contribution in [0.3, 0.4) is 0 Å². The van der Waals surface area contributed by atoms with Crippen LogP contribution in [0.1, 0.15) is 35.6 Å². The minimum absolute atomic E-state index is 0.0523. The molecule has 32 heavy (non-hydrogen) atoms. The van der Waals surface area contributed by atoms with Crippen molar-refractivity contribution in [2.75, 3.05) is 26.7 Å². The molecule has 3 aromatic rings. The average molecular weight is 469 g/mol. The second-order valence-electron chi connectivity index (χ2n) is 8.27. The van der Waals surface area contributed by atoms with E-state index in [2.05, 4.69) is 33.8 Å². The molecule has 1 amide bonds. The van der Waals surface area contributed by atoms with E-state index in [0.29, 0.717) is 5.02 Å². The number of amides is 1. The van der Waals surface area contributed by atoms with Crippen LogP contribution in [0.25, 0.3) is 0 Å². The summed E-state index contributed by atoms with van der Waals surface area (Å²) < 4.78 is 5.32. The summed E-state index contributed by atoms with van der Waals surface area (Å²) in [5.41, 5.74) is 3.45. The summed E-state index contributed by atoms with van der Waals surface area (Å²) in [5, 5.41) is 8.15. The fourth-order valence-corrected chi connectivity index (χ4v) is 5.06. The maximum Gasteiger partial charge on any atom is 0.223 e. The van der Waals surface area contributed by atoms with Crippen LogP contribution in [0, 0.1) is 5.92 Å². The molecule has 1 aliphatic rings. The van der Waals surface area contributed by atoms with Crippen molar-refractivity contribution in [1.29, 1.82) is 0 Å². The second kappa shape index (κ2) is 11.0. The summed E-state index contributed by atoms with van der Waals surface area (Å²) >= 11 is 7.71. The number of methoxy groups -OCH3 is 1. The molecule has 1 aliphatic heterocycles. The van der Waals surface area contributed by atoms with Crippen molar-refractivity contribution >= 4 is 28.8 Å². The highest BCUT2D eigenvalue weighted by Crippen LogP contribution is 2.27. The minimum atomic E-state index is -0.142. The zero-order valence-corrected chi connectivity index (χ0v) is 19.9. The molecule has 0 spiro atoms. The Kier molecular flexibility index (Phi) is 7.85. The molecule has 1 unspecified atom stereocenters. The number of carbonyl (C=O) groups is 1. The number of rotatable bonds is 8. The number of hydrogen-bond acceptors (Lipinski definition) is 4. The Hall–Kier alpha value is -2.34. The molecule has 6 heteroatoms. The van der Waals surface area contributed by atoms with Gasteiger partial charge in [-0.1, -0.05) is 35.9 Å². The number of ether oxygens (including phenoxy) is 1.